The van der Waals surface area contributed by atoms with Crippen LogP contribution in [0.4, 0.5) is 4.39 Å². The first-order valence-electron chi connectivity index (χ1n) is 9.02. The van der Waals surface area contributed by atoms with Crippen molar-refractivity contribution in [2.24, 2.45) is 4.99 Å². The quantitative estimate of drug-likeness (QED) is 0.421. The zero-order valence-corrected chi connectivity index (χ0v) is 16.1. The van der Waals surface area contributed by atoms with Crippen LogP contribution >= 0.6 is 0 Å². The smallest absolute Gasteiger partial charge is 0.241 e. The monoisotopic (exact) mass is 374 g/mol. The van der Waals surface area contributed by atoms with Crippen molar-refractivity contribution in [3.63, 3.8) is 0 Å². The highest BCUT2D eigenvalue weighted by molar-refractivity contribution is 5.86. The fraction of sp³-hybridized carbons (Fsp3) is 0.421. The summed E-state index contributed by atoms with van der Waals surface area (Å²) in [4.78, 5) is 17.8. The van der Waals surface area contributed by atoms with Gasteiger partial charge in [-0.15, -0.1) is 0 Å². The van der Waals surface area contributed by atoms with Gasteiger partial charge in [0.1, 0.15) is 5.82 Å². The maximum atomic E-state index is 13.0. The summed E-state index contributed by atoms with van der Waals surface area (Å²) in [5, 5.41) is 10.7. The van der Waals surface area contributed by atoms with E-state index in [2.05, 4.69) is 27.6 Å². The third-order valence-corrected chi connectivity index (χ3v) is 3.86. The summed E-state index contributed by atoms with van der Waals surface area (Å²) in [5.74, 6) is 0.271. The van der Waals surface area contributed by atoms with Gasteiger partial charge in [-0.05, 0) is 36.8 Å². The molecule has 0 fully saturated rings. The Kier molecular flexibility index (Phi) is 7.79. The van der Waals surface area contributed by atoms with E-state index in [1.165, 1.54) is 17.0 Å². The van der Waals surface area contributed by atoms with Gasteiger partial charge in [0.05, 0.1) is 24.5 Å². The third kappa shape index (κ3) is 6.73. The van der Waals surface area contributed by atoms with Crippen LogP contribution in [0, 0.1) is 5.82 Å². The lowest BCUT2D eigenvalue weighted by Gasteiger charge is -2.14. The minimum atomic E-state index is -0.281. The van der Waals surface area contributed by atoms with Crippen molar-refractivity contribution >= 4 is 11.9 Å². The number of rotatable bonds is 8. The van der Waals surface area contributed by atoms with E-state index in [4.69, 9.17) is 0 Å². The fourth-order valence-corrected chi connectivity index (χ4v) is 2.22. The second kappa shape index (κ2) is 10.3. The molecule has 146 valence electrons. The van der Waals surface area contributed by atoms with Crippen LogP contribution in [-0.4, -0.2) is 53.7 Å². The van der Waals surface area contributed by atoms with Gasteiger partial charge in [0.25, 0.3) is 0 Å². The molecule has 2 rings (SSSR count). The van der Waals surface area contributed by atoms with Crippen LogP contribution in [0.1, 0.15) is 25.5 Å². The number of carbonyl (C=O) groups is 1. The van der Waals surface area contributed by atoms with Gasteiger partial charge in [0, 0.05) is 26.8 Å². The van der Waals surface area contributed by atoms with Gasteiger partial charge >= 0.3 is 0 Å². The summed E-state index contributed by atoms with van der Waals surface area (Å²) < 4.78 is 14.7. The molecule has 0 radical (unpaired) electrons. The van der Waals surface area contributed by atoms with Crippen molar-refractivity contribution in [1.29, 1.82) is 0 Å². The van der Waals surface area contributed by atoms with E-state index in [-0.39, 0.29) is 18.3 Å². The van der Waals surface area contributed by atoms with E-state index in [9.17, 15) is 9.18 Å². The number of aromatic nitrogens is 2. The van der Waals surface area contributed by atoms with E-state index >= 15 is 0 Å². The number of aliphatic imine (C=N–C) groups is 1. The summed E-state index contributed by atoms with van der Waals surface area (Å²) >= 11 is 0. The first kappa shape index (κ1) is 20.4. The van der Waals surface area contributed by atoms with Crippen LogP contribution in [0.3, 0.4) is 0 Å². The molecule has 8 heteroatoms. The summed E-state index contributed by atoms with van der Waals surface area (Å²) in [6.07, 6.45) is 3.89. The van der Waals surface area contributed by atoms with Crippen molar-refractivity contribution in [2.45, 2.75) is 26.3 Å². The molecule has 27 heavy (non-hydrogen) atoms. The Morgan fingerprint density at radius 1 is 1.22 bits per heavy atom. The van der Waals surface area contributed by atoms with Gasteiger partial charge in [-0.2, -0.15) is 5.10 Å². The third-order valence-electron chi connectivity index (χ3n) is 3.86. The van der Waals surface area contributed by atoms with Crippen molar-refractivity contribution in [3.8, 4) is 5.69 Å². The molecular formula is C19H27FN6O. The van der Waals surface area contributed by atoms with Crippen LogP contribution in [0.15, 0.2) is 41.5 Å². The topological polar surface area (TPSA) is 74.5 Å². The number of guanidine groups is 1. The highest BCUT2D eigenvalue weighted by Crippen LogP contribution is 2.09. The highest BCUT2D eigenvalue weighted by atomic mass is 19.1. The number of amides is 1. The Labute approximate surface area is 159 Å². The first-order valence-corrected chi connectivity index (χ1v) is 9.02. The summed E-state index contributed by atoms with van der Waals surface area (Å²) in [6, 6.07) is 8.00. The molecule has 1 aromatic carbocycles. The lowest BCUT2D eigenvalue weighted by atomic mass is 10.3. The van der Waals surface area contributed by atoms with Crippen molar-refractivity contribution in [3.05, 3.63) is 48.0 Å². The van der Waals surface area contributed by atoms with Gasteiger partial charge in [-0.25, -0.2) is 14.1 Å². The molecular weight excluding hydrogens is 347 g/mol. The van der Waals surface area contributed by atoms with E-state index in [0.717, 1.165) is 30.8 Å². The average molecular weight is 374 g/mol. The van der Waals surface area contributed by atoms with Gasteiger partial charge in [-0.3, -0.25) is 4.79 Å². The fourth-order valence-electron chi connectivity index (χ4n) is 2.22. The molecule has 0 aliphatic rings. The second-order valence-electron chi connectivity index (χ2n) is 6.31. The predicted octanol–water partition coefficient (Wildman–Crippen LogP) is 1.93. The first-order chi connectivity index (χ1) is 13.0. The van der Waals surface area contributed by atoms with Gasteiger partial charge in [0.2, 0.25) is 5.91 Å². The molecule has 2 aromatic rings. The zero-order valence-electron chi connectivity index (χ0n) is 16.1. The Hall–Kier alpha value is -2.90. The lowest BCUT2D eigenvalue weighted by Crippen LogP contribution is -2.43. The molecule has 1 aromatic heterocycles. The minimum Gasteiger partial charge on any atom is -0.356 e. The second-order valence-corrected chi connectivity index (χ2v) is 6.31. The van der Waals surface area contributed by atoms with Gasteiger partial charge < -0.3 is 15.5 Å². The molecule has 1 heterocycles. The van der Waals surface area contributed by atoms with E-state index in [1.807, 2.05) is 12.3 Å². The van der Waals surface area contributed by atoms with Crippen LogP contribution in [0.5, 0.6) is 0 Å². The standard InChI is InChI=1S/C19H27FN6O/c1-4-5-11-21-19(23-14-18(27)25(2)3)22-13-16-10-12-26(24-16)17-8-6-15(20)7-9-17/h6-10,12H,4-5,11,13-14H2,1-3H3,(H2,21,22,23). The zero-order chi connectivity index (χ0) is 19.6. The van der Waals surface area contributed by atoms with Gasteiger partial charge in [0.15, 0.2) is 5.96 Å². The van der Waals surface area contributed by atoms with Crippen LogP contribution in [-0.2, 0) is 11.3 Å². The minimum absolute atomic E-state index is 0.0272. The Morgan fingerprint density at radius 3 is 2.63 bits per heavy atom. The lowest BCUT2D eigenvalue weighted by molar-refractivity contribution is -0.127. The molecule has 0 saturated carbocycles. The van der Waals surface area contributed by atoms with E-state index < -0.39 is 0 Å². The molecule has 0 bridgehead atoms. The number of halogens is 1. The molecule has 0 spiro atoms. The number of nitrogens with one attached hydrogen (secondary N) is 2. The van der Waals surface area contributed by atoms with Crippen LogP contribution in [0.25, 0.3) is 5.69 Å². The molecule has 7 nitrogen and oxygen atoms in total. The normalized spacial score (nSPS) is 11.3. The van der Waals surface area contributed by atoms with Crippen molar-refractivity contribution in [1.82, 2.24) is 25.3 Å². The van der Waals surface area contributed by atoms with Gasteiger partial charge in [-0.1, -0.05) is 13.3 Å². The number of hydrogen-bond donors (Lipinski definition) is 2. The van der Waals surface area contributed by atoms with Crippen LogP contribution < -0.4 is 10.6 Å². The molecule has 1 amide bonds. The van der Waals surface area contributed by atoms with Crippen LogP contribution in [0.2, 0.25) is 0 Å². The largest absolute Gasteiger partial charge is 0.356 e. The number of unbranched alkanes of at least 4 members (excludes halogenated alkanes) is 1. The van der Waals surface area contributed by atoms with E-state index in [1.54, 1.807) is 30.9 Å². The SMILES string of the molecule is CCCCNC(=NCc1ccn(-c2ccc(F)cc2)n1)NCC(=O)N(C)C. The van der Waals surface area contributed by atoms with E-state index in [0.29, 0.717) is 12.5 Å². The summed E-state index contributed by atoms with van der Waals surface area (Å²) in [6.45, 7) is 3.44. The number of likely N-dealkylation sites (N-methyl/N-ethyl adjacent to an activating group) is 1. The highest BCUT2D eigenvalue weighted by Gasteiger charge is 2.06. The molecule has 0 atom stereocenters. The Balaban J connectivity index is 2.00. The Morgan fingerprint density at radius 2 is 1.96 bits per heavy atom. The van der Waals surface area contributed by atoms with Crippen molar-refractivity contribution < 1.29 is 9.18 Å². The maximum Gasteiger partial charge on any atom is 0.241 e. The molecule has 0 aliphatic heterocycles. The molecule has 0 aliphatic carbocycles. The number of nitrogens with zero attached hydrogens (tertiary/aromatic N) is 4. The molecule has 2 N–H and O–H groups in total. The summed E-state index contributed by atoms with van der Waals surface area (Å²) in [5.41, 5.74) is 1.55. The van der Waals surface area contributed by atoms with Crippen molar-refractivity contribution in [2.75, 3.05) is 27.2 Å². The predicted molar refractivity (Wildman–Crippen MR) is 104 cm³/mol. The number of benzene rings is 1. The summed E-state index contributed by atoms with van der Waals surface area (Å²) in [7, 11) is 3.43. The number of carbonyl (C=O) groups excluding carboxylic acids is 1. The number of hydrogen-bond acceptors (Lipinski definition) is 3. The molecule has 0 unspecified atom stereocenters. The molecule has 0 saturated heterocycles. The average Bonchev–Trinajstić information content (AvgIpc) is 3.12. The maximum absolute atomic E-state index is 13.0. The Bertz CT molecular complexity index is 754.